The zero-order chi connectivity index (χ0) is 16.6. The Morgan fingerprint density at radius 3 is 2.61 bits per heavy atom. The molecule has 7 heteroatoms. The topological polar surface area (TPSA) is 94.2 Å². The molecule has 0 aliphatic rings. The third-order valence-corrected chi connectivity index (χ3v) is 3.35. The Morgan fingerprint density at radius 2 is 1.91 bits per heavy atom. The first-order valence-electron chi connectivity index (χ1n) is 6.85. The number of carbonyl (C=O) groups excluding carboxylic acids is 2. The molecule has 3 aromatic rings. The number of hydrogen-bond donors (Lipinski definition) is 1. The second-order valence-corrected chi connectivity index (χ2v) is 4.99. The minimum atomic E-state index is -0.533. The SMILES string of the molecule is CC(=O)c1oc2ccccc2c1NC(=O)c1ccc(=O)n(C)n1. The molecule has 0 atom stereocenters. The monoisotopic (exact) mass is 311 g/mol. The molecule has 2 aromatic heterocycles. The zero-order valence-electron chi connectivity index (χ0n) is 12.5. The van der Waals surface area contributed by atoms with Crippen LogP contribution in [0.2, 0.25) is 0 Å². The Bertz CT molecular complexity index is 984. The van der Waals surface area contributed by atoms with Gasteiger partial charge in [-0.1, -0.05) is 12.1 Å². The maximum Gasteiger partial charge on any atom is 0.276 e. The number of nitrogens with zero attached hydrogens (tertiary/aromatic N) is 2. The van der Waals surface area contributed by atoms with Crippen molar-refractivity contribution in [1.29, 1.82) is 0 Å². The summed E-state index contributed by atoms with van der Waals surface area (Å²) in [4.78, 5) is 35.4. The fourth-order valence-corrected chi connectivity index (χ4v) is 2.22. The standard InChI is InChI=1S/C16H13N3O4/c1-9(20)15-14(10-5-3-4-6-12(10)23-15)17-16(22)11-7-8-13(21)19(2)18-11/h3-8H,1-2H3,(H,17,22). The number of aryl methyl sites for hydroxylation is 1. The fourth-order valence-electron chi connectivity index (χ4n) is 2.22. The van der Waals surface area contributed by atoms with Crippen molar-refractivity contribution in [2.75, 3.05) is 5.32 Å². The first-order chi connectivity index (χ1) is 11.0. The van der Waals surface area contributed by atoms with E-state index in [0.717, 1.165) is 4.68 Å². The molecule has 0 unspecified atom stereocenters. The number of carbonyl (C=O) groups is 2. The molecule has 2 heterocycles. The van der Waals surface area contributed by atoms with Gasteiger partial charge in [0.25, 0.3) is 11.5 Å². The van der Waals surface area contributed by atoms with E-state index in [9.17, 15) is 14.4 Å². The summed E-state index contributed by atoms with van der Waals surface area (Å²) in [6, 6.07) is 9.59. The van der Waals surface area contributed by atoms with E-state index in [4.69, 9.17) is 4.42 Å². The molecule has 0 radical (unpaired) electrons. The average molecular weight is 311 g/mol. The summed E-state index contributed by atoms with van der Waals surface area (Å²) in [5.74, 6) is -0.760. The highest BCUT2D eigenvalue weighted by molar-refractivity contribution is 6.13. The highest BCUT2D eigenvalue weighted by atomic mass is 16.3. The quantitative estimate of drug-likeness (QED) is 0.746. The maximum absolute atomic E-state index is 12.4. The number of nitrogens with one attached hydrogen (secondary N) is 1. The van der Waals surface area contributed by atoms with E-state index in [2.05, 4.69) is 10.4 Å². The van der Waals surface area contributed by atoms with Crippen molar-refractivity contribution < 1.29 is 14.0 Å². The summed E-state index contributed by atoms with van der Waals surface area (Å²) >= 11 is 0. The van der Waals surface area contributed by atoms with E-state index in [1.54, 1.807) is 24.3 Å². The number of para-hydroxylation sites is 1. The highest BCUT2D eigenvalue weighted by Gasteiger charge is 2.20. The molecule has 3 rings (SSSR count). The smallest absolute Gasteiger partial charge is 0.276 e. The molecule has 1 N–H and O–H groups in total. The second kappa shape index (κ2) is 5.53. The van der Waals surface area contributed by atoms with Crippen molar-refractivity contribution >= 4 is 28.3 Å². The van der Waals surface area contributed by atoms with Crippen LogP contribution < -0.4 is 10.9 Å². The Labute approximate surface area is 130 Å². The largest absolute Gasteiger partial charge is 0.451 e. The normalized spacial score (nSPS) is 10.7. The van der Waals surface area contributed by atoms with E-state index < -0.39 is 5.91 Å². The minimum Gasteiger partial charge on any atom is -0.451 e. The molecule has 23 heavy (non-hydrogen) atoms. The molecule has 0 spiro atoms. The predicted octanol–water partition coefficient (Wildman–Crippen LogP) is 1.98. The van der Waals surface area contributed by atoms with Gasteiger partial charge in [0.05, 0.1) is 5.69 Å². The first kappa shape index (κ1) is 14.7. The number of ketones is 1. The Hall–Kier alpha value is -3.22. The third-order valence-electron chi connectivity index (χ3n) is 3.35. The molecule has 0 bridgehead atoms. The minimum absolute atomic E-state index is 0.0619. The van der Waals surface area contributed by atoms with Gasteiger partial charge in [-0.15, -0.1) is 0 Å². The van der Waals surface area contributed by atoms with Crippen molar-refractivity contribution in [1.82, 2.24) is 9.78 Å². The lowest BCUT2D eigenvalue weighted by molar-refractivity contribution is 0.0990. The van der Waals surface area contributed by atoms with Crippen LogP contribution in [0.15, 0.2) is 45.6 Å². The van der Waals surface area contributed by atoms with E-state index in [1.807, 2.05) is 0 Å². The van der Waals surface area contributed by atoms with Gasteiger partial charge >= 0.3 is 0 Å². The number of benzene rings is 1. The Kier molecular flexibility index (Phi) is 3.53. The first-order valence-corrected chi connectivity index (χ1v) is 6.85. The molecule has 0 aliphatic heterocycles. The van der Waals surface area contributed by atoms with Crippen LogP contribution in [0.4, 0.5) is 5.69 Å². The lowest BCUT2D eigenvalue weighted by Crippen LogP contribution is -2.23. The molecule has 7 nitrogen and oxygen atoms in total. The van der Waals surface area contributed by atoms with Crippen LogP contribution in [0.3, 0.4) is 0 Å². The summed E-state index contributed by atoms with van der Waals surface area (Å²) in [6.07, 6.45) is 0. The van der Waals surface area contributed by atoms with Crippen LogP contribution >= 0.6 is 0 Å². The molecule has 0 fully saturated rings. The summed E-state index contributed by atoms with van der Waals surface area (Å²) < 4.78 is 6.56. The number of anilines is 1. The lowest BCUT2D eigenvalue weighted by atomic mass is 10.2. The Morgan fingerprint density at radius 1 is 1.17 bits per heavy atom. The number of Topliss-reactive ketones (excluding diaryl/α,β-unsaturated/α-hetero) is 1. The van der Waals surface area contributed by atoms with E-state index in [-0.39, 0.29) is 22.8 Å². The van der Waals surface area contributed by atoms with Gasteiger partial charge < -0.3 is 9.73 Å². The van der Waals surface area contributed by atoms with Crippen LogP contribution in [0.25, 0.3) is 11.0 Å². The van der Waals surface area contributed by atoms with E-state index in [1.165, 1.54) is 26.1 Å². The number of furan rings is 1. The third kappa shape index (κ3) is 2.64. The van der Waals surface area contributed by atoms with Gasteiger partial charge in [0.2, 0.25) is 0 Å². The molecule has 0 saturated carbocycles. The summed E-state index contributed by atoms with van der Waals surface area (Å²) in [7, 11) is 1.45. The van der Waals surface area contributed by atoms with Crippen molar-refractivity contribution in [3.05, 3.63) is 58.2 Å². The number of fused-ring (bicyclic) bond motifs is 1. The lowest BCUT2D eigenvalue weighted by Gasteiger charge is -2.05. The number of amides is 1. The predicted molar refractivity (Wildman–Crippen MR) is 83.6 cm³/mol. The van der Waals surface area contributed by atoms with Gasteiger partial charge in [-0.3, -0.25) is 14.4 Å². The Balaban J connectivity index is 2.05. The van der Waals surface area contributed by atoms with E-state index in [0.29, 0.717) is 16.7 Å². The van der Waals surface area contributed by atoms with Crippen LogP contribution in [0.1, 0.15) is 28.0 Å². The molecular weight excluding hydrogens is 298 g/mol. The van der Waals surface area contributed by atoms with Gasteiger partial charge in [0, 0.05) is 25.4 Å². The highest BCUT2D eigenvalue weighted by Crippen LogP contribution is 2.31. The summed E-state index contributed by atoms with van der Waals surface area (Å²) in [6.45, 7) is 1.36. The maximum atomic E-state index is 12.4. The molecular formula is C16H13N3O4. The summed E-state index contributed by atoms with van der Waals surface area (Å²) in [5, 5.41) is 7.15. The van der Waals surface area contributed by atoms with Crippen molar-refractivity contribution in [2.24, 2.45) is 7.05 Å². The summed E-state index contributed by atoms with van der Waals surface area (Å²) in [5.41, 5.74) is 0.543. The fraction of sp³-hybridized carbons (Fsp3) is 0.125. The van der Waals surface area contributed by atoms with Crippen LogP contribution in [0, 0.1) is 0 Å². The van der Waals surface area contributed by atoms with Crippen molar-refractivity contribution in [2.45, 2.75) is 6.92 Å². The van der Waals surface area contributed by atoms with E-state index >= 15 is 0 Å². The molecule has 1 aromatic carbocycles. The second-order valence-electron chi connectivity index (χ2n) is 4.99. The number of rotatable bonds is 3. The number of aromatic nitrogens is 2. The molecule has 0 aliphatic carbocycles. The van der Waals surface area contributed by atoms with Crippen LogP contribution in [0.5, 0.6) is 0 Å². The van der Waals surface area contributed by atoms with Crippen LogP contribution in [-0.4, -0.2) is 21.5 Å². The molecule has 0 saturated heterocycles. The van der Waals surface area contributed by atoms with Gasteiger partial charge in [-0.25, -0.2) is 4.68 Å². The number of hydrogen-bond acceptors (Lipinski definition) is 5. The average Bonchev–Trinajstić information content (AvgIpc) is 2.89. The van der Waals surface area contributed by atoms with Gasteiger partial charge in [0.15, 0.2) is 11.5 Å². The van der Waals surface area contributed by atoms with Gasteiger partial charge in [-0.05, 0) is 18.2 Å². The van der Waals surface area contributed by atoms with Crippen molar-refractivity contribution in [3.63, 3.8) is 0 Å². The van der Waals surface area contributed by atoms with Gasteiger partial charge in [-0.2, -0.15) is 5.10 Å². The molecule has 1 amide bonds. The van der Waals surface area contributed by atoms with Crippen LogP contribution in [-0.2, 0) is 7.05 Å². The zero-order valence-corrected chi connectivity index (χ0v) is 12.5. The molecule has 116 valence electrons. The van der Waals surface area contributed by atoms with Gasteiger partial charge in [0.1, 0.15) is 11.3 Å². The van der Waals surface area contributed by atoms with Crippen molar-refractivity contribution in [3.8, 4) is 0 Å².